The zero-order valence-corrected chi connectivity index (χ0v) is 7.94. The fourth-order valence-electron chi connectivity index (χ4n) is 0.931. The van der Waals surface area contributed by atoms with Gasteiger partial charge in [0.2, 0.25) is 0 Å². The molecule has 65 valence electrons. The van der Waals surface area contributed by atoms with Crippen LogP contribution >= 0.6 is 23.2 Å². The molecule has 0 bridgehead atoms. The smallest absolute Gasteiger partial charge is 0.0500 e. The Morgan fingerprint density at radius 2 is 2.08 bits per heavy atom. The topological polar surface area (TPSA) is 20.2 Å². The first-order valence-corrected chi connectivity index (χ1v) is 4.29. The third kappa shape index (κ3) is 2.13. The Kier molecular flexibility index (Phi) is 3.39. The van der Waals surface area contributed by atoms with E-state index in [0.717, 1.165) is 5.56 Å². The van der Waals surface area contributed by atoms with Crippen LogP contribution in [-0.2, 0) is 0 Å². The van der Waals surface area contributed by atoms with Crippen molar-refractivity contribution < 1.29 is 5.11 Å². The van der Waals surface area contributed by atoms with Gasteiger partial charge in [-0.05, 0) is 24.6 Å². The molecule has 0 aliphatic carbocycles. The summed E-state index contributed by atoms with van der Waals surface area (Å²) in [7, 11) is 0. The van der Waals surface area contributed by atoms with Crippen LogP contribution in [-0.4, -0.2) is 11.7 Å². The van der Waals surface area contributed by atoms with Gasteiger partial charge in [0.1, 0.15) is 0 Å². The quantitative estimate of drug-likeness (QED) is 0.785. The summed E-state index contributed by atoms with van der Waals surface area (Å²) in [6.45, 7) is 3.73. The molecule has 0 spiro atoms. The van der Waals surface area contributed by atoms with E-state index in [-0.39, 0.29) is 12.5 Å². The molecule has 1 aromatic carbocycles. The van der Waals surface area contributed by atoms with Crippen molar-refractivity contribution in [3.8, 4) is 0 Å². The van der Waals surface area contributed by atoms with Gasteiger partial charge < -0.3 is 5.11 Å². The molecular formula is C9H9Cl2O. The molecule has 1 aromatic rings. The average molecular weight is 204 g/mol. The summed E-state index contributed by atoms with van der Waals surface area (Å²) in [5.41, 5.74) is 0.823. The van der Waals surface area contributed by atoms with E-state index in [4.69, 9.17) is 28.3 Å². The van der Waals surface area contributed by atoms with E-state index >= 15 is 0 Å². The van der Waals surface area contributed by atoms with Gasteiger partial charge in [-0.3, -0.25) is 0 Å². The molecule has 1 radical (unpaired) electrons. The molecule has 0 amide bonds. The van der Waals surface area contributed by atoms with Crippen LogP contribution in [0.2, 0.25) is 10.0 Å². The maximum atomic E-state index is 8.83. The van der Waals surface area contributed by atoms with Crippen molar-refractivity contribution >= 4 is 23.2 Å². The Morgan fingerprint density at radius 1 is 1.42 bits per heavy atom. The minimum Gasteiger partial charge on any atom is -0.396 e. The number of halogens is 2. The first kappa shape index (κ1) is 9.85. The van der Waals surface area contributed by atoms with Crippen LogP contribution in [0.5, 0.6) is 0 Å². The molecule has 12 heavy (non-hydrogen) atoms. The Morgan fingerprint density at radius 3 is 2.58 bits per heavy atom. The third-order valence-electron chi connectivity index (χ3n) is 1.62. The molecular weight excluding hydrogens is 195 g/mol. The second-order valence-electron chi connectivity index (χ2n) is 2.55. The van der Waals surface area contributed by atoms with E-state index < -0.39 is 0 Å². The molecule has 0 aliphatic rings. The normalized spacial score (nSPS) is 13.0. The molecule has 0 fully saturated rings. The van der Waals surface area contributed by atoms with Crippen molar-refractivity contribution in [2.24, 2.45) is 0 Å². The van der Waals surface area contributed by atoms with E-state index in [2.05, 4.69) is 6.92 Å². The second-order valence-corrected chi connectivity index (χ2v) is 3.39. The van der Waals surface area contributed by atoms with Crippen LogP contribution in [0, 0.1) is 6.92 Å². The minimum absolute atomic E-state index is 0.0125. The van der Waals surface area contributed by atoms with Crippen molar-refractivity contribution in [2.45, 2.75) is 5.92 Å². The monoisotopic (exact) mass is 203 g/mol. The van der Waals surface area contributed by atoms with Crippen LogP contribution < -0.4 is 0 Å². The second kappa shape index (κ2) is 4.13. The van der Waals surface area contributed by atoms with E-state index in [9.17, 15) is 0 Å². The third-order valence-corrected chi connectivity index (χ3v) is 2.19. The fourth-order valence-corrected chi connectivity index (χ4v) is 1.49. The van der Waals surface area contributed by atoms with Gasteiger partial charge in [-0.1, -0.05) is 29.3 Å². The fraction of sp³-hybridized carbons (Fsp3) is 0.222. The lowest BCUT2D eigenvalue weighted by Gasteiger charge is -2.09. The van der Waals surface area contributed by atoms with Gasteiger partial charge in [-0.25, -0.2) is 0 Å². The molecule has 0 unspecified atom stereocenters. The molecule has 0 heterocycles. The highest BCUT2D eigenvalue weighted by molar-refractivity contribution is 6.35. The minimum atomic E-state index is -0.185. The average Bonchev–Trinajstić information content (AvgIpc) is 2.03. The van der Waals surface area contributed by atoms with Crippen LogP contribution in [0.1, 0.15) is 11.5 Å². The summed E-state index contributed by atoms with van der Waals surface area (Å²) in [6, 6.07) is 5.15. The summed E-state index contributed by atoms with van der Waals surface area (Å²) in [4.78, 5) is 0. The van der Waals surface area contributed by atoms with E-state index in [0.29, 0.717) is 10.0 Å². The van der Waals surface area contributed by atoms with E-state index in [1.54, 1.807) is 18.2 Å². The zero-order chi connectivity index (χ0) is 9.14. The van der Waals surface area contributed by atoms with Crippen LogP contribution in [0.25, 0.3) is 0 Å². The number of hydrogen-bond acceptors (Lipinski definition) is 1. The lowest BCUT2D eigenvalue weighted by molar-refractivity contribution is 0.282. The van der Waals surface area contributed by atoms with E-state index in [1.807, 2.05) is 0 Å². The first-order valence-electron chi connectivity index (χ1n) is 3.54. The Hall–Kier alpha value is -0.240. The first-order chi connectivity index (χ1) is 5.65. The largest absolute Gasteiger partial charge is 0.396 e. The lowest BCUT2D eigenvalue weighted by atomic mass is 10.0. The highest BCUT2D eigenvalue weighted by Gasteiger charge is 2.08. The van der Waals surface area contributed by atoms with Crippen molar-refractivity contribution in [2.75, 3.05) is 6.61 Å². The lowest BCUT2D eigenvalue weighted by Crippen LogP contribution is -1.99. The highest BCUT2D eigenvalue weighted by atomic mass is 35.5. The molecule has 1 nitrogen and oxygen atoms in total. The predicted molar refractivity (Wildman–Crippen MR) is 51.6 cm³/mol. The Balaban J connectivity index is 3.01. The molecule has 1 atom stereocenters. The van der Waals surface area contributed by atoms with Gasteiger partial charge in [-0.15, -0.1) is 0 Å². The number of aliphatic hydroxyl groups excluding tert-OH is 1. The predicted octanol–water partition coefficient (Wildman–Crippen LogP) is 2.90. The van der Waals surface area contributed by atoms with Gasteiger partial charge in [0.25, 0.3) is 0 Å². The van der Waals surface area contributed by atoms with Gasteiger partial charge in [0, 0.05) is 22.6 Å². The van der Waals surface area contributed by atoms with E-state index in [1.165, 1.54) is 0 Å². The molecule has 1 rings (SSSR count). The molecule has 1 N–H and O–H groups in total. The van der Waals surface area contributed by atoms with Crippen molar-refractivity contribution in [3.05, 3.63) is 40.7 Å². The summed E-state index contributed by atoms with van der Waals surface area (Å²) in [5, 5.41) is 9.97. The number of benzene rings is 1. The van der Waals surface area contributed by atoms with Gasteiger partial charge in [-0.2, -0.15) is 0 Å². The van der Waals surface area contributed by atoms with Crippen molar-refractivity contribution in [3.63, 3.8) is 0 Å². The van der Waals surface area contributed by atoms with Crippen molar-refractivity contribution in [1.29, 1.82) is 0 Å². The summed E-state index contributed by atoms with van der Waals surface area (Å²) in [5.74, 6) is -0.185. The Labute approximate surface area is 81.9 Å². The molecule has 0 aliphatic heterocycles. The van der Waals surface area contributed by atoms with Crippen molar-refractivity contribution in [1.82, 2.24) is 0 Å². The molecule has 0 saturated carbocycles. The van der Waals surface area contributed by atoms with Crippen LogP contribution in [0.3, 0.4) is 0 Å². The van der Waals surface area contributed by atoms with Gasteiger partial charge in [0.15, 0.2) is 0 Å². The number of aliphatic hydroxyl groups is 1. The summed E-state index contributed by atoms with van der Waals surface area (Å²) < 4.78 is 0. The SMILES string of the molecule is [CH2][C@H](CO)c1ccc(Cl)cc1Cl. The highest BCUT2D eigenvalue weighted by Crippen LogP contribution is 2.26. The maximum absolute atomic E-state index is 8.83. The Bertz CT molecular complexity index is 273. The molecule has 3 heteroatoms. The van der Waals surface area contributed by atoms with Crippen LogP contribution in [0.4, 0.5) is 0 Å². The standard InChI is InChI=1S/C9H9Cl2O/c1-6(5-12)8-3-2-7(10)4-9(8)11/h2-4,6,12H,1,5H2/t6-/m1/s1. The molecule has 0 saturated heterocycles. The summed E-state index contributed by atoms with van der Waals surface area (Å²) >= 11 is 11.6. The number of hydrogen-bond donors (Lipinski definition) is 1. The van der Waals surface area contributed by atoms with Crippen LogP contribution in [0.15, 0.2) is 18.2 Å². The summed E-state index contributed by atoms with van der Waals surface area (Å²) in [6.07, 6.45) is 0. The van der Waals surface area contributed by atoms with Gasteiger partial charge in [0.05, 0.1) is 0 Å². The molecule has 0 aromatic heterocycles. The van der Waals surface area contributed by atoms with Gasteiger partial charge >= 0.3 is 0 Å². The number of rotatable bonds is 2. The zero-order valence-electron chi connectivity index (χ0n) is 6.43. The maximum Gasteiger partial charge on any atom is 0.0500 e.